The van der Waals surface area contributed by atoms with Crippen molar-refractivity contribution >= 4 is 15.5 Å². The monoisotopic (exact) mass is 116 g/mol. The van der Waals surface area contributed by atoms with Gasteiger partial charge in [-0.05, 0) is 0 Å². The van der Waals surface area contributed by atoms with Crippen LogP contribution in [0.4, 0.5) is 0 Å². The van der Waals surface area contributed by atoms with Crippen molar-refractivity contribution in [1.29, 1.82) is 0 Å². The molecule has 0 radical (unpaired) electrons. The second-order valence-electron chi connectivity index (χ2n) is 0.105. The molecule has 0 spiro atoms. The number of rotatable bonds is 0. The van der Waals surface area contributed by atoms with Gasteiger partial charge in [-0.3, -0.25) is 0 Å². The summed E-state index contributed by atoms with van der Waals surface area (Å²) in [4.78, 5) is 0. The van der Waals surface area contributed by atoms with E-state index in [9.17, 15) is 0 Å². The predicted molar refractivity (Wildman–Crippen MR) is 8.66 cm³/mol. The molecule has 0 aromatic carbocycles. The molecule has 0 aliphatic rings. The summed E-state index contributed by atoms with van der Waals surface area (Å²) < 4.78 is 15.7. The second-order valence-corrected chi connectivity index (χ2v) is 0.316. The van der Waals surface area contributed by atoms with E-state index in [1.165, 1.54) is 0 Å². The molecule has 0 aromatic rings. The molecular weight excluding hydrogens is 115 g/mol. The summed E-state index contributed by atoms with van der Waals surface area (Å²) in [5.74, 6) is 0. The van der Waals surface area contributed by atoms with Gasteiger partial charge in [-0.25, -0.2) is 0 Å². The van der Waals surface area contributed by atoms with Gasteiger partial charge in [0.05, 0.1) is 0 Å². The molecule has 0 rings (SSSR count). The van der Waals surface area contributed by atoms with Crippen LogP contribution >= 0.6 is 0 Å². The third-order valence-corrected chi connectivity index (χ3v) is 0. The Morgan fingerprint density at radius 2 is 1.75 bits per heavy atom. The van der Waals surface area contributed by atoms with Gasteiger partial charge in [0.15, 0.2) is 0 Å². The van der Waals surface area contributed by atoms with Crippen LogP contribution < -0.4 is 0 Å². The van der Waals surface area contributed by atoms with E-state index in [4.69, 9.17) is 7.96 Å². The van der Waals surface area contributed by atoms with Crippen molar-refractivity contribution in [2.75, 3.05) is 0 Å². The van der Waals surface area contributed by atoms with E-state index in [1.54, 1.807) is 0 Å². The molecule has 0 fully saturated rings. The molecule has 0 amide bonds. The number of hydrogen-bond acceptors (Lipinski definition) is 1. The SMILES string of the molecule is [Fe].[O]=[Al][OH]. The van der Waals surface area contributed by atoms with Crippen molar-refractivity contribution in [3.63, 3.8) is 0 Å². The van der Waals surface area contributed by atoms with Crippen molar-refractivity contribution in [2.45, 2.75) is 0 Å². The molecule has 4 heavy (non-hydrogen) atoms. The van der Waals surface area contributed by atoms with Crippen LogP contribution in [0.25, 0.3) is 0 Å². The minimum atomic E-state index is -1.50. The molecule has 0 aliphatic heterocycles. The Bertz CT molecular complexity index is 13.5. The minimum absolute atomic E-state index is 0. The van der Waals surface area contributed by atoms with Gasteiger partial charge >= 0.3 is 23.4 Å². The van der Waals surface area contributed by atoms with Crippen LogP contribution in [0.5, 0.6) is 0 Å². The van der Waals surface area contributed by atoms with Crippen molar-refractivity contribution in [1.82, 2.24) is 0 Å². The first-order valence-electron chi connectivity index (χ1n) is 0.494. The van der Waals surface area contributed by atoms with Gasteiger partial charge < -0.3 is 0 Å². The Hall–Kier alpha value is 0.652. The van der Waals surface area contributed by atoms with Crippen LogP contribution in [-0.4, -0.2) is 19.6 Å². The molecule has 0 aromatic heterocycles. The molecule has 0 unspecified atom stereocenters. The summed E-state index contributed by atoms with van der Waals surface area (Å²) in [6, 6.07) is 0. The van der Waals surface area contributed by atoms with Gasteiger partial charge in [-0.15, -0.1) is 0 Å². The van der Waals surface area contributed by atoms with E-state index in [1.807, 2.05) is 0 Å². The molecule has 0 bridgehead atoms. The van der Waals surface area contributed by atoms with Gasteiger partial charge in [-0.1, -0.05) is 0 Å². The molecule has 0 heterocycles. The predicted octanol–water partition coefficient (Wildman–Crippen LogP) is -1.06. The Kier molecular flexibility index (Phi) is 20.8. The third kappa shape index (κ3) is 17.0. The molecule has 0 saturated carbocycles. The van der Waals surface area contributed by atoms with E-state index in [2.05, 4.69) is 0 Å². The van der Waals surface area contributed by atoms with Crippen molar-refractivity contribution in [3.8, 4) is 0 Å². The Labute approximate surface area is 40.9 Å². The van der Waals surface area contributed by atoms with Crippen molar-refractivity contribution < 1.29 is 25.0 Å². The van der Waals surface area contributed by atoms with E-state index in [0.717, 1.165) is 0 Å². The zero-order chi connectivity index (χ0) is 2.71. The van der Waals surface area contributed by atoms with Crippen LogP contribution in [0.2, 0.25) is 0 Å². The van der Waals surface area contributed by atoms with Crippen LogP contribution in [0, 0.1) is 0 Å². The summed E-state index contributed by atoms with van der Waals surface area (Å²) in [5.41, 5.74) is 0. The summed E-state index contributed by atoms with van der Waals surface area (Å²) in [7, 11) is 0. The topological polar surface area (TPSA) is 37.3 Å². The second kappa shape index (κ2) is 9.41. The zero-order valence-corrected chi connectivity index (χ0v) is 4.05. The Balaban J connectivity index is 0. The molecule has 0 saturated heterocycles. The standard InChI is InChI=1S/Al.Fe.H2O.O/h;;1H2;/q+1;;;/p-1. The van der Waals surface area contributed by atoms with Gasteiger partial charge in [0.1, 0.15) is 0 Å². The zero-order valence-electron chi connectivity index (χ0n) is 1.79. The van der Waals surface area contributed by atoms with E-state index >= 15 is 0 Å². The molecule has 1 N–H and O–H groups in total. The van der Waals surface area contributed by atoms with Crippen LogP contribution in [0.3, 0.4) is 0 Å². The fourth-order valence-corrected chi connectivity index (χ4v) is 0. The van der Waals surface area contributed by atoms with Gasteiger partial charge in [0, 0.05) is 17.1 Å². The molecule has 0 aliphatic carbocycles. The first-order chi connectivity index (χ1) is 1.41. The average Bonchev–Trinajstić information content (AvgIpc) is 0.918. The fourth-order valence-electron chi connectivity index (χ4n) is 0. The van der Waals surface area contributed by atoms with Crippen molar-refractivity contribution in [3.05, 3.63) is 0 Å². The molecule has 2 nitrogen and oxygen atoms in total. The molecule has 4 heteroatoms. The molecule has 24 valence electrons. The van der Waals surface area contributed by atoms with Crippen molar-refractivity contribution in [2.24, 2.45) is 0 Å². The average molecular weight is 116 g/mol. The van der Waals surface area contributed by atoms with E-state index in [-0.39, 0.29) is 17.1 Å². The summed E-state index contributed by atoms with van der Waals surface area (Å²) in [5, 5.41) is 0. The third-order valence-electron chi connectivity index (χ3n) is 0. The van der Waals surface area contributed by atoms with Gasteiger partial charge in [-0.2, -0.15) is 0 Å². The summed E-state index contributed by atoms with van der Waals surface area (Å²) in [6.07, 6.45) is 0. The van der Waals surface area contributed by atoms with E-state index < -0.39 is 15.5 Å². The quantitative estimate of drug-likeness (QED) is 0.409. The fraction of sp³-hybridized carbons (Fsp3) is 0. The maximum atomic E-state index is 8.57. The van der Waals surface area contributed by atoms with E-state index in [0.29, 0.717) is 0 Å². The summed E-state index contributed by atoms with van der Waals surface area (Å²) >= 11 is -1.50. The molecule has 0 atom stereocenters. The van der Waals surface area contributed by atoms with Gasteiger partial charge in [0.2, 0.25) is 0 Å². The molecular formula is HAlFeO2. The summed E-state index contributed by atoms with van der Waals surface area (Å²) in [6.45, 7) is 0. The number of hydrogen-bond donors (Lipinski definition) is 1. The Morgan fingerprint density at radius 3 is 1.75 bits per heavy atom. The maximum absolute atomic E-state index is 8.57. The van der Waals surface area contributed by atoms with Crippen LogP contribution in [-0.2, 0) is 20.9 Å². The first kappa shape index (κ1) is 8.82. The van der Waals surface area contributed by atoms with Crippen LogP contribution in [0.1, 0.15) is 0 Å². The van der Waals surface area contributed by atoms with Gasteiger partial charge in [0.25, 0.3) is 0 Å². The van der Waals surface area contributed by atoms with Crippen LogP contribution in [0.15, 0.2) is 0 Å². The first-order valence-corrected chi connectivity index (χ1v) is 1.48. The normalized spacial score (nSPS) is 2.00. The Morgan fingerprint density at radius 1 is 1.75 bits per heavy atom.